The number of rotatable bonds is 5. The van der Waals surface area contributed by atoms with Crippen molar-refractivity contribution in [2.75, 3.05) is 11.9 Å². The number of amides is 1. The zero-order valence-electron chi connectivity index (χ0n) is 18.7. The maximum absolute atomic E-state index is 13.9. The molecule has 0 bridgehead atoms. The van der Waals surface area contributed by atoms with E-state index in [1.54, 1.807) is 0 Å². The van der Waals surface area contributed by atoms with Gasteiger partial charge in [0, 0.05) is 35.3 Å². The fourth-order valence-corrected chi connectivity index (χ4v) is 4.29. The number of thiazole rings is 1. The number of alkyl halides is 4. The fourth-order valence-electron chi connectivity index (χ4n) is 3.41. The number of aromatic nitrogens is 2. The monoisotopic (exact) mass is 513 g/mol. The number of pyridine rings is 1. The Labute approximate surface area is 235 Å². The SMILES string of the molecule is C[C@H]1CC(F)(F)CN1C(=O)c1nc([C-]=O)sc1-c1cnc(NC(C)(C)C)cc1C(F)F.[K+].[OH-]. The predicted molar refractivity (Wildman–Crippen MR) is 110 cm³/mol. The molecule has 2 N–H and O–H groups in total. The molecule has 0 unspecified atom stereocenters. The Kier molecular flexibility index (Phi) is 10.2. The summed E-state index contributed by atoms with van der Waals surface area (Å²) in [7, 11) is 0. The number of anilines is 1. The van der Waals surface area contributed by atoms with Crippen LogP contribution in [0.4, 0.5) is 23.4 Å². The van der Waals surface area contributed by atoms with Crippen LogP contribution >= 0.6 is 11.3 Å². The van der Waals surface area contributed by atoms with Crippen molar-refractivity contribution in [1.29, 1.82) is 0 Å². The van der Waals surface area contributed by atoms with Crippen LogP contribution in [0.2, 0.25) is 0 Å². The zero-order valence-corrected chi connectivity index (χ0v) is 22.7. The molecule has 3 rings (SSSR count). The molecule has 7 nitrogen and oxygen atoms in total. The maximum atomic E-state index is 13.9. The van der Waals surface area contributed by atoms with Crippen molar-refractivity contribution in [2.24, 2.45) is 0 Å². The molecule has 1 amide bonds. The van der Waals surface area contributed by atoms with Gasteiger partial charge in [-0.3, -0.25) is 9.78 Å². The summed E-state index contributed by atoms with van der Waals surface area (Å²) in [6, 6.07) is 0.391. The largest absolute Gasteiger partial charge is 1.00 e. The molecule has 1 atom stereocenters. The van der Waals surface area contributed by atoms with E-state index in [0.717, 1.165) is 17.2 Å². The van der Waals surface area contributed by atoms with Gasteiger partial charge in [0.25, 0.3) is 18.3 Å². The molecule has 0 radical (unpaired) electrons. The number of likely N-dealkylation sites (tertiary alicyclic amines) is 1. The molecule has 176 valence electrons. The summed E-state index contributed by atoms with van der Waals surface area (Å²) >= 11 is 0.688. The molecule has 1 fully saturated rings. The summed E-state index contributed by atoms with van der Waals surface area (Å²) in [4.78, 5) is 33.1. The van der Waals surface area contributed by atoms with Crippen LogP contribution in [0, 0.1) is 0 Å². The van der Waals surface area contributed by atoms with Gasteiger partial charge in [-0.2, -0.15) is 0 Å². The van der Waals surface area contributed by atoms with Crippen LogP contribution in [0.5, 0.6) is 0 Å². The van der Waals surface area contributed by atoms with Gasteiger partial charge in [-0.05, 0) is 38.8 Å². The molecule has 33 heavy (non-hydrogen) atoms. The molecular weight excluding hydrogens is 491 g/mol. The first kappa shape index (κ1) is 30.1. The number of nitrogens with one attached hydrogen (secondary N) is 1. The average molecular weight is 514 g/mol. The first-order valence-corrected chi connectivity index (χ1v) is 10.3. The van der Waals surface area contributed by atoms with Crippen molar-refractivity contribution in [3.8, 4) is 10.4 Å². The van der Waals surface area contributed by atoms with Gasteiger partial charge in [0.05, 0.1) is 11.4 Å². The topological polar surface area (TPSA) is 105 Å². The van der Waals surface area contributed by atoms with E-state index >= 15 is 0 Å². The molecule has 1 aliphatic heterocycles. The first-order valence-electron chi connectivity index (χ1n) is 9.46. The van der Waals surface area contributed by atoms with Gasteiger partial charge in [0.2, 0.25) is 0 Å². The summed E-state index contributed by atoms with van der Waals surface area (Å²) in [5, 5.41) is 2.75. The Hall–Kier alpha value is -0.964. The third kappa shape index (κ3) is 7.02. The van der Waals surface area contributed by atoms with E-state index in [-0.39, 0.29) is 83.8 Å². The molecular formula is C20H22F4KN4O3S-. The Morgan fingerprint density at radius 2 is 2.00 bits per heavy atom. The molecule has 13 heteroatoms. The maximum Gasteiger partial charge on any atom is 1.00 e. The van der Waals surface area contributed by atoms with E-state index in [1.807, 2.05) is 20.8 Å². The number of nitrogens with zero attached hydrogens (tertiary/aromatic N) is 3. The second kappa shape index (κ2) is 11.2. The van der Waals surface area contributed by atoms with Crippen LogP contribution in [-0.2, 0) is 4.79 Å². The minimum Gasteiger partial charge on any atom is -0.870 e. The Morgan fingerprint density at radius 1 is 1.36 bits per heavy atom. The molecule has 0 aliphatic carbocycles. The van der Waals surface area contributed by atoms with Crippen LogP contribution in [0.15, 0.2) is 12.3 Å². The van der Waals surface area contributed by atoms with E-state index in [2.05, 4.69) is 15.3 Å². The van der Waals surface area contributed by atoms with E-state index in [4.69, 9.17) is 0 Å². The smallest absolute Gasteiger partial charge is 0.870 e. The molecule has 2 aromatic heterocycles. The Balaban J connectivity index is 0.00000272. The minimum absolute atomic E-state index is 0. The minimum atomic E-state index is -3.05. The number of hydrogen-bond acceptors (Lipinski definition) is 7. The number of carbonyl (C=O) groups excluding carboxylic acids is 2. The average Bonchev–Trinajstić information content (AvgIpc) is 3.19. The van der Waals surface area contributed by atoms with Crippen molar-refractivity contribution < 1.29 is 84.0 Å². The van der Waals surface area contributed by atoms with Crippen molar-refractivity contribution in [2.45, 2.75) is 58.0 Å². The van der Waals surface area contributed by atoms with Gasteiger partial charge in [-0.25, -0.2) is 28.8 Å². The second-order valence-electron chi connectivity index (χ2n) is 8.47. The van der Waals surface area contributed by atoms with E-state index in [0.29, 0.717) is 11.3 Å². The Bertz CT molecular complexity index is 1010. The summed E-state index contributed by atoms with van der Waals surface area (Å²) in [6.07, 6.45) is -0.724. The van der Waals surface area contributed by atoms with Crippen molar-refractivity contribution >= 4 is 29.3 Å². The third-order valence-corrected chi connectivity index (χ3v) is 5.61. The van der Waals surface area contributed by atoms with E-state index < -0.39 is 48.4 Å². The zero-order chi connectivity index (χ0) is 23.1. The standard InChI is InChI=1S/C20H21F4N4O2S.K.H2O/c1-10-6-20(23,24)9-28(10)18(30)15-16(31-14(8-29)26-15)12-7-25-13(27-19(2,3)4)5-11(12)17(21)22;;/h5,7,10,17H,6,9H2,1-4H3,(H,25,27);;1H2/q-1;+1;/p-1/t10-;;/m0../s1. The molecule has 0 spiro atoms. The number of hydrogen-bond donors (Lipinski definition) is 1. The van der Waals surface area contributed by atoms with Crippen LogP contribution in [0.1, 0.15) is 61.6 Å². The quantitative estimate of drug-likeness (QED) is 0.369. The summed E-state index contributed by atoms with van der Waals surface area (Å²) < 4.78 is 55.3. The van der Waals surface area contributed by atoms with Gasteiger partial charge in [0.15, 0.2) is 0 Å². The molecule has 3 heterocycles. The molecule has 0 saturated carbocycles. The normalized spacial score (nSPS) is 17.4. The molecule has 2 aromatic rings. The van der Waals surface area contributed by atoms with Crippen molar-refractivity contribution in [3.63, 3.8) is 0 Å². The van der Waals surface area contributed by atoms with Crippen LogP contribution in [-0.4, -0.2) is 56.6 Å². The van der Waals surface area contributed by atoms with Crippen LogP contribution in [0.25, 0.3) is 10.4 Å². The van der Waals surface area contributed by atoms with Gasteiger partial charge >= 0.3 is 51.4 Å². The second-order valence-corrected chi connectivity index (χ2v) is 9.47. The van der Waals surface area contributed by atoms with Gasteiger partial charge in [-0.15, -0.1) is 11.3 Å². The van der Waals surface area contributed by atoms with Crippen molar-refractivity contribution in [1.82, 2.24) is 14.9 Å². The van der Waals surface area contributed by atoms with E-state index in [1.165, 1.54) is 13.2 Å². The number of carbonyl (C=O) groups is 1. The van der Waals surface area contributed by atoms with Gasteiger partial charge < -0.3 is 20.5 Å². The molecule has 1 saturated heterocycles. The first-order chi connectivity index (χ1) is 14.3. The van der Waals surface area contributed by atoms with Gasteiger partial charge in [0.1, 0.15) is 11.5 Å². The molecule has 0 aromatic carbocycles. The van der Waals surface area contributed by atoms with Crippen LogP contribution < -0.4 is 56.7 Å². The number of halogens is 4. The summed E-state index contributed by atoms with van der Waals surface area (Å²) in [5.74, 6) is -3.70. The van der Waals surface area contributed by atoms with E-state index in [9.17, 15) is 27.2 Å². The van der Waals surface area contributed by atoms with Crippen LogP contribution in [0.3, 0.4) is 0 Å². The molecule has 1 aliphatic rings. The summed E-state index contributed by atoms with van der Waals surface area (Å²) in [6.45, 7) is 6.17. The van der Waals surface area contributed by atoms with Gasteiger partial charge in [-0.1, -0.05) is 0 Å². The van der Waals surface area contributed by atoms with Crippen molar-refractivity contribution in [3.05, 3.63) is 28.5 Å². The summed E-state index contributed by atoms with van der Waals surface area (Å²) in [5.41, 5.74) is -1.28. The Morgan fingerprint density at radius 3 is 2.48 bits per heavy atom. The fraction of sp³-hybridized carbons (Fsp3) is 0.500. The third-order valence-electron chi connectivity index (χ3n) is 4.62. The predicted octanol–water partition coefficient (Wildman–Crippen LogP) is 1.51.